The van der Waals surface area contributed by atoms with Crippen molar-refractivity contribution in [3.05, 3.63) is 52.5 Å². The normalized spacial score (nSPS) is 11.1. The van der Waals surface area contributed by atoms with Crippen molar-refractivity contribution in [2.45, 2.75) is 12.8 Å². The molecule has 0 saturated heterocycles. The average Bonchev–Trinajstić information content (AvgIpc) is 2.70. The smallest absolute Gasteiger partial charge is 0.232 e. The van der Waals surface area contributed by atoms with Gasteiger partial charge in [-0.05, 0) is 48.9 Å². The molecule has 30 heavy (non-hydrogen) atoms. The van der Waals surface area contributed by atoms with Gasteiger partial charge in [-0.3, -0.25) is 9.10 Å². The summed E-state index contributed by atoms with van der Waals surface area (Å²) < 4.78 is 36.0. The number of hydrogen-bond donors (Lipinski definition) is 1. The number of methoxy groups -OCH3 is 1. The maximum absolute atomic E-state index is 12.1. The highest BCUT2D eigenvalue weighted by Crippen LogP contribution is 2.28. The highest BCUT2D eigenvalue weighted by molar-refractivity contribution is 7.92. The lowest BCUT2D eigenvalue weighted by Crippen LogP contribution is -2.32. The van der Waals surface area contributed by atoms with Crippen molar-refractivity contribution in [2.24, 2.45) is 0 Å². The molecule has 2 aromatic carbocycles. The molecule has 0 spiro atoms. The van der Waals surface area contributed by atoms with E-state index in [-0.39, 0.29) is 23.9 Å². The second-order valence-electron chi connectivity index (χ2n) is 6.41. The Kier molecular flexibility index (Phi) is 9.08. The van der Waals surface area contributed by atoms with Gasteiger partial charge in [-0.1, -0.05) is 23.2 Å². The molecule has 164 valence electrons. The summed E-state index contributed by atoms with van der Waals surface area (Å²) in [7, 11) is -1.94. The lowest BCUT2D eigenvalue weighted by atomic mass is 10.2. The number of hydrogen-bond acceptors (Lipinski definition) is 5. The Bertz CT molecular complexity index is 952. The van der Waals surface area contributed by atoms with Gasteiger partial charge in [0.2, 0.25) is 15.9 Å². The number of nitrogens with zero attached hydrogens (tertiary/aromatic N) is 1. The van der Waals surface area contributed by atoms with Crippen molar-refractivity contribution in [3.63, 3.8) is 0 Å². The zero-order valence-corrected chi connectivity index (χ0v) is 19.1. The SMILES string of the molecule is COc1ccc(OCCNC(=O)CCCN(c2ccc(Cl)c(Cl)c2)S(C)(=O)=O)cc1. The van der Waals surface area contributed by atoms with Crippen molar-refractivity contribution >= 4 is 44.8 Å². The van der Waals surface area contributed by atoms with Crippen LogP contribution in [0.2, 0.25) is 10.0 Å². The summed E-state index contributed by atoms with van der Waals surface area (Å²) >= 11 is 11.9. The number of carbonyl (C=O) groups is 1. The first kappa shape index (κ1) is 24.1. The molecule has 7 nitrogen and oxygen atoms in total. The van der Waals surface area contributed by atoms with E-state index in [0.29, 0.717) is 36.0 Å². The molecule has 0 radical (unpaired) electrons. The molecule has 0 heterocycles. The van der Waals surface area contributed by atoms with Crippen molar-refractivity contribution in [2.75, 3.05) is 37.4 Å². The highest BCUT2D eigenvalue weighted by atomic mass is 35.5. The first-order valence-electron chi connectivity index (χ1n) is 9.17. The van der Waals surface area contributed by atoms with E-state index in [9.17, 15) is 13.2 Å². The molecule has 0 aliphatic carbocycles. The van der Waals surface area contributed by atoms with Gasteiger partial charge in [0.05, 0.1) is 35.6 Å². The summed E-state index contributed by atoms with van der Waals surface area (Å²) in [6, 6.07) is 11.7. The predicted molar refractivity (Wildman–Crippen MR) is 119 cm³/mol. The van der Waals surface area contributed by atoms with Crippen LogP contribution in [0.5, 0.6) is 11.5 Å². The molecule has 0 saturated carbocycles. The highest BCUT2D eigenvalue weighted by Gasteiger charge is 2.18. The number of sulfonamides is 1. The third-order valence-corrected chi connectivity index (χ3v) is 6.04. The van der Waals surface area contributed by atoms with Crippen LogP contribution in [-0.2, 0) is 14.8 Å². The molecule has 1 amide bonds. The third-order valence-electron chi connectivity index (χ3n) is 4.11. The Balaban J connectivity index is 1.76. The van der Waals surface area contributed by atoms with Crippen molar-refractivity contribution in [3.8, 4) is 11.5 Å². The summed E-state index contributed by atoms with van der Waals surface area (Å²) in [5, 5.41) is 3.35. The summed E-state index contributed by atoms with van der Waals surface area (Å²) in [6.07, 6.45) is 1.63. The molecule has 1 N–H and O–H groups in total. The fourth-order valence-electron chi connectivity index (χ4n) is 2.63. The Hall–Kier alpha value is -2.16. The van der Waals surface area contributed by atoms with Gasteiger partial charge in [0.15, 0.2) is 0 Å². The minimum Gasteiger partial charge on any atom is -0.497 e. The molecule has 0 unspecified atom stereocenters. The molecule has 0 aliphatic rings. The van der Waals surface area contributed by atoms with Gasteiger partial charge in [0.1, 0.15) is 18.1 Å². The quantitative estimate of drug-likeness (QED) is 0.501. The number of carbonyl (C=O) groups excluding carboxylic acids is 1. The maximum atomic E-state index is 12.1. The largest absolute Gasteiger partial charge is 0.497 e. The number of ether oxygens (including phenoxy) is 2. The van der Waals surface area contributed by atoms with Gasteiger partial charge in [-0.25, -0.2) is 8.42 Å². The van der Waals surface area contributed by atoms with E-state index in [1.165, 1.54) is 16.4 Å². The fraction of sp³-hybridized carbons (Fsp3) is 0.350. The van der Waals surface area contributed by atoms with E-state index >= 15 is 0 Å². The summed E-state index contributed by atoms with van der Waals surface area (Å²) in [5.74, 6) is 1.23. The molecule has 10 heteroatoms. The van der Waals surface area contributed by atoms with E-state index in [1.54, 1.807) is 37.4 Å². The Morgan fingerprint density at radius 3 is 2.33 bits per heavy atom. The minimum absolute atomic E-state index is 0.145. The van der Waals surface area contributed by atoms with Crippen LogP contribution in [0.3, 0.4) is 0 Å². The number of anilines is 1. The Morgan fingerprint density at radius 2 is 1.73 bits per heavy atom. The van der Waals surface area contributed by atoms with Crippen LogP contribution in [0.25, 0.3) is 0 Å². The van der Waals surface area contributed by atoms with Crippen molar-refractivity contribution < 1.29 is 22.7 Å². The number of amides is 1. The van der Waals surface area contributed by atoms with Crippen LogP contribution in [0.15, 0.2) is 42.5 Å². The molecule has 0 fully saturated rings. The predicted octanol–water partition coefficient (Wildman–Crippen LogP) is 3.74. The molecule has 0 aliphatic heterocycles. The van der Waals surface area contributed by atoms with Gasteiger partial charge < -0.3 is 14.8 Å². The lowest BCUT2D eigenvalue weighted by Gasteiger charge is -2.22. The maximum Gasteiger partial charge on any atom is 0.232 e. The average molecular weight is 475 g/mol. The molecular formula is C20H24Cl2N2O5S. The van der Waals surface area contributed by atoms with E-state index in [0.717, 1.165) is 12.0 Å². The zero-order chi connectivity index (χ0) is 22.1. The van der Waals surface area contributed by atoms with Gasteiger partial charge in [0, 0.05) is 13.0 Å². The minimum atomic E-state index is -3.53. The van der Waals surface area contributed by atoms with Gasteiger partial charge >= 0.3 is 0 Å². The summed E-state index contributed by atoms with van der Waals surface area (Å²) in [4.78, 5) is 12.0. The molecule has 0 aromatic heterocycles. The molecule has 2 aromatic rings. The lowest BCUT2D eigenvalue weighted by molar-refractivity contribution is -0.121. The van der Waals surface area contributed by atoms with Crippen LogP contribution in [0.4, 0.5) is 5.69 Å². The van der Waals surface area contributed by atoms with E-state index in [1.807, 2.05) is 0 Å². The van der Waals surface area contributed by atoms with Crippen LogP contribution in [-0.4, -0.2) is 47.4 Å². The Labute approximate surface area is 186 Å². The van der Waals surface area contributed by atoms with Gasteiger partial charge in [0.25, 0.3) is 0 Å². The van der Waals surface area contributed by atoms with Crippen LogP contribution in [0, 0.1) is 0 Å². The van der Waals surface area contributed by atoms with Crippen LogP contribution < -0.4 is 19.1 Å². The van der Waals surface area contributed by atoms with Crippen molar-refractivity contribution in [1.82, 2.24) is 5.32 Å². The summed E-state index contributed by atoms with van der Waals surface area (Å²) in [5.41, 5.74) is 0.403. The molecule has 0 bridgehead atoms. The summed E-state index contributed by atoms with van der Waals surface area (Å²) in [6.45, 7) is 0.802. The first-order valence-corrected chi connectivity index (χ1v) is 11.8. The topological polar surface area (TPSA) is 84.9 Å². The number of halogens is 2. The Morgan fingerprint density at radius 1 is 1.07 bits per heavy atom. The van der Waals surface area contributed by atoms with E-state index in [4.69, 9.17) is 32.7 Å². The second-order valence-corrected chi connectivity index (χ2v) is 9.13. The van der Waals surface area contributed by atoms with Crippen LogP contribution >= 0.6 is 23.2 Å². The third kappa shape index (κ3) is 7.59. The molecular weight excluding hydrogens is 451 g/mol. The number of rotatable bonds is 11. The van der Waals surface area contributed by atoms with Crippen molar-refractivity contribution in [1.29, 1.82) is 0 Å². The van der Waals surface area contributed by atoms with Gasteiger partial charge in [-0.2, -0.15) is 0 Å². The van der Waals surface area contributed by atoms with Crippen LogP contribution in [0.1, 0.15) is 12.8 Å². The monoisotopic (exact) mass is 474 g/mol. The zero-order valence-electron chi connectivity index (χ0n) is 16.7. The fourth-order valence-corrected chi connectivity index (χ4v) is 3.88. The van der Waals surface area contributed by atoms with Gasteiger partial charge in [-0.15, -0.1) is 0 Å². The number of nitrogens with one attached hydrogen (secondary N) is 1. The number of benzene rings is 2. The van der Waals surface area contributed by atoms with E-state index < -0.39 is 10.0 Å². The molecule has 2 rings (SSSR count). The second kappa shape index (κ2) is 11.3. The first-order chi connectivity index (χ1) is 14.2. The molecule has 0 atom stereocenters. The standard InChI is InChI=1S/C20H24Cl2N2O5S/c1-28-16-6-8-17(9-7-16)29-13-11-23-20(25)4-3-12-24(30(2,26)27)15-5-10-18(21)19(22)14-15/h5-10,14H,3-4,11-13H2,1-2H3,(H,23,25). The van der Waals surface area contributed by atoms with E-state index in [2.05, 4.69) is 5.32 Å².